The molecule has 1 heterocycles. The lowest BCUT2D eigenvalue weighted by Gasteiger charge is -2.01. The summed E-state index contributed by atoms with van der Waals surface area (Å²) in [7, 11) is 0. The summed E-state index contributed by atoms with van der Waals surface area (Å²) in [5, 5.41) is 8.77. The Hall–Kier alpha value is -1.95. The van der Waals surface area contributed by atoms with Gasteiger partial charge in [0.05, 0.1) is 11.4 Å². The SMILES string of the molecule is Cc1c(N)c(Br)cc2nn(-c3ccc(F)cc3)nc12. The van der Waals surface area contributed by atoms with E-state index in [0.29, 0.717) is 11.4 Å². The first-order valence-electron chi connectivity index (χ1n) is 5.64. The topological polar surface area (TPSA) is 56.7 Å². The van der Waals surface area contributed by atoms with E-state index in [1.54, 1.807) is 12.1 Å². The van der Waals surface area contributed by atoms with Gasteiger partial charge in [-0.3, -0.25) is 0 Å². The molecule has 0 aliphatic carbocycles. The zero-order chi connectivity index (χ0) is 13.6. The van der Waals surface area contributed by atoms with Crippen molar-refractivity contribution >= 4 is 32.7 Å². The van der Waals surface area contributed by atoms with Crippen molar-refractivity contribution in [3.63, 3.8) is 0 Å². The van der Waals surface area contributed by atoms with E-state index in [1.807, 2.05) is 13.0 Å². The standard InChI is InChI=1S/C13H10BrFN4/c1-7-12(16)10(14)6-11-13(7)18-19(17-11)9-4-2-8(15)3-5-9/h2-6H,16H2,1H3. The van der Waals surface area contributed by atoms with Gasteiger partial charge < -0.3 is 5.73 Å². The number of nitrogens with two attached hydrogens (primary N) is 1. The third-order valence-corrected chi connectivity index (χ3v) is 3.63. The van der Waals surface area contributed by atoms with Crippen molar-refractivity contribution < 1.29 is 4.39 Å². The van der Waals surface area contributed by atoms with E-state index in [9.17, 15) is 4.39 Å². The Balaban J connectivity index is 2.22. The van der Waals surface area contributed by atoms with Gasteiger partial charge in [0.25, 0.3) is 0 Å². The first kappa shape index (κ1) is 12.1. The third kappa shape index (κ3) is 1.98. The average Bonchev–Trinajstić information content (AvgIpc) is 2.81. The monoisotopic (exact) mass is 320 g/mol. The van der Waals surface area contributed by atoms with Gasteiger partial charge in [-0.05, 0) is 53.2 Å². The summed E-state index contributed by atoms with van der Waals surface area (Å²) < 4.78 is 13.7. The molecule has 0 saturated carbocycles. The van der Waals surface area contributed by atoms with Crippen LogP contribution in [0.5, 0.6) is 0 Å². The second-order valence-corrected chi connectivity index (χ2v) is 5.08. The number of rotatable bonds is 1. The van der Waals surface area contributed by atoms with Crippen molar-refractivity contribution in [1.29, 1.82) is 0 Å². The minimum atomic E-state index is -0.288. The number of hydrogen-bond donors (Lipinski definition) is 1. The quantitative estimate of drug-likeness (QED) is 0.700. The first-order valence-corrected chi connectivity index (χ1v) is 6.43. The predicted molar refractivity (Wildman–Crippen MR) is 75.7 cm³/mol. The van der Waals surface area contributed by atoms with Crippen LogP contribution in [0.3, 0.4) is 0 Å². The molecule has 0 saturated heterocycles. The molecule has 3 aromatic rings. The number of fused-ring (bicyclic) bond motifs is 1. The van der Waals surface area contributed by atoms with Gasteiger partial charge in [-0.15, -0.1) is 10.2 Å². The minimum absolute atomic E-state index is 0.288. The van der Waals surface area contributed by atoms with Crippen LogP contribution in [-0.4, -0.2) is 15.0 Å². The maximum atomic E-state index is 12.9. The molecule has 96 valence electrons. The Morgan fingerprint density at radius 2 is 1.89 bits per heavy atom. The Morgan fingerprint density at radius 1 is 1.21 bits per heavy atom. The van der Waals surface area contributed by atoms with Crippen LogP contribution in [0.15, 0.2) is 34.8 Å². The highest BCUT2D eigenvalue weighted by atomic mass is 79.9. The molecule has 3 rings (SSSR count). The second-order valence-electron chi connectivity index (χ2n) is 4.23. The van der Waals surface area contributed by atoms with Crippen LogP contribution in [0.25, 0.3) is 16.7 Å². The Labute approximate surface area is 117 Å². The average molecular weight is 321 g/mol. The molecule has 19 heavy (non-hydrogen) atoms. The summed E-state index contributed by atoms with van der Waals surface area (Å²) in [5.41, 5.74) is 9.65. The fraction of sp³-hybridized carbons (Fsp3) is 0.0769. The molecule has 0 bridgehead atoms. The summed E-state index contributed by atoms with van der Waals surface area (Å²) in [6.45, 7) is 1.89. The highest BCUT2D eigenvalue weighted by Crippen LogP contribution is 2.29. The summed E-state index contributed by atoms with van der Waals surface area (Å²) in [5.74, 6) is -0.288. The van der Waals surface area contributed by atoms with Crippen molar-refractivity contribution in [3.8, 4) is 5.69 Å². The first-order chi connectivity index (χ1) is 9.06. The van der Waals surface area contributed by atoms with E-state index in [2.05, 4.69) is 26.1 Å². The van der Waals surface area contributed by atoms with Crippen LogP contribution < -0.4 is 5.73 Å². The second kappa shape index (κ2) is 4.31. The molecule has 0 radical (unpaired) electrons. The van der Waals surface area contributed by atoms with Crippen LogP contribution >= 0.6 is 15.9 Å². The number of nitrogens with zero attached hydrogens (tertiary/aromatic N) is 3. The summed E-state index contributed by atoms with van der Waals surface area (Å²) in [6, 6.07) is 7.83. The molecular formula is C13H10BrFN4. The zero-order valence-corrected chi connectivity index (χ0v) is 11.6. The van der Waals surface area contributed by atoms with Crippen LogP contribution in [-0.2, 0) is 0 Å². The van der Waals surface area contributed by atoms with Gasteiger partial charge in [-0.2, -0.15) is 4.80 Å². The highest BCUT2D eigenvalue weighted by molar-refractivity contribution is 9.10. The van der Waals surface area contributed by atoms with Crippen molar-refractivity contribution in [3.05, 3.63) is 46.2 Å². The number of halogens is 2. The number of aryl methyl sites for hydroxylation is 1. The summed E-state index contributed by atoms with van der Waals surface area (Å²) >= 11 is 3.39. The predicted octanol–water partition coefficient (Wildman–Crippen LogP) is 3.21. The van der Waals surface area contributed by atoms with Crippen LogP contribution in [0, 0.1) is 12.7 Å². The number of hydrogen-bond acceptors (Lipinski definition) is 3. The smallest absolute Gasteiger partial charge is 0.123 e. The molecule has 0 aliphatic heterocycles. The molecule has 2 aromatic carbocycles. The lowest BCUT2D eigenvalue weighted by Crippen LogP contribution is -1.98. The molecular weight excluding hydrogens is 311 g/mol. The molecule has 0 atom stereocenters. The van der Waals surface area contributed by atoms with Gasteiger partial charge in [0.15, 0.2) is 0 Å². The van der Waals surface area contributed by atoms with E-state index in [1.165, 1.54) is 16.9 Å². The molecule has 2 N–H and O–H groups in total. The van der Waals surface area contributed by atoms with E-state index in [4.69, 9.17) is 5.73 Å². The molecule has 0 unspecified atom stereocenters. The molecule has 1 aromatic heterocycles. The van der Waals surface area contributed by atoms with E-state index in [-0.39, 0.29) is 5.82 Å². The Morgan fingerprint density at radius 3 is 2.58 bits per heavy atom. The lowest BCUT2D eigenvalue weighted by molar-refractivity contribution is 0.626. The van der Waals surface area contributed by atoms with E-state index >= 15 is 0 Å². The molecule has 4 nitrogen and oxygen atoms in total. The molecule has 0 amide bonds. The van der Waals surface area contributed by atoms with Crippen molar-refractivity contribution in [2.75, 3.05) is 5.73 Å². The molecule has 0 fully saturated rings. The Bertz CT molecular complexity index is 764. The van der Waals surface area contributed by atoms with Gasteiger partial charge >= 0.3 is 0 Å². The normalized spacial score (nSPS) is 11.1. The van der Waals surface area contributed by atoms with E-state index < -0.39 is 0 Å². The molecule has 6 heteroatoms. The summed E-state index contributed by atoms with van der Waals surface area (Å²) in [4.78, 5) is 1.48. The van der Waals surface area contributed by atoms with Gasteiger partial charge in [0, 0.05) is 10.0 Å². The zero-order valence-electron chi connectivity index (χ0n) is 10.1. The van der Waals surface area contributed by atoms with Crippen molar-refractivity contribution in [1.82, 2.24) is 15.0 Å². The minimum Gasteiger partial charge on any atom is -0.398 e. The summed E-state index contributed by atoms with van der Waals surface area (Å²) in [6.07, 6.45) is 0. The highest BCUT2D eigenvalue weighted by Gasteiger charge is 2.11. The maximum absolute atomic E-state index is 12.9. The van der Waals surface area contributed by atoms with Crippen LogP contribution in [0.4, 0.5) is 10.1 Å². The number of nitrogen functional groups attached to an aromatic ring is 1. The van der Waals surface area contributed by atoms with Gasteiger partial charge in [0.2, 0.25) is 0 Å². The number of benzene rings is 2. The lowest BCUT2D eigenvalue weighted by atomic mass is 10.2. The van der Waals surface area contributed by atoms with E-state index in [0.717, 1.165) is 21.1 Å². The molecule has 0 spiro atoms. The van der Waals surface area contributed by atoms with Crippen LogP contribution in [0.1, 0.15) is 5.56 Å². The number of aromatic nitrogens is 3. The van der Waals surface area contributed by atoms with Crippen LogP contribution in [0.2, 0.25) is 0 Å². The van der Waals surface area contributed by atoms with Gasteiger partial charge in [0.1, 0.15) is 16.9 Å². The van der Waals surface area contributed by atoms with Crippen molar-refractivity contribution in [2.24, 2.45) is 0 Å². The third-order valence-electron chi connectivity index (χ3n) is 2.98. The fourth-order valence-corrected chi connectivity index (χ4v) is 2.39. The number of anilines is 1. The van der Waals surface area contributed by atoms with Gasteiger partial charge in [-0.25, -0.2) is 4.39 Å². The maximum Gasteiger partial charge on any atom is 0.123 e. The van der Waals surface area contributed by atoms with Crippen molar-refractivity contribution in [2.45, 2.75) is 6.92 Å². The van der Waals surface area contributed by atoms with Gasteiger partial charge in [-0.1, -0.05) is 0 Å². The largest absolute Gasteiger partial charge is 0.398 e. The molecule has 0 aliphatic rings. The Kier molecular flexibility index (Phi) is 2.74. The fourth-order valence-electron chi connectivity index (χ4n) is 1.88.